The van der Waals surface area contributed by atoms with Crippen LogP contribution in [-0.2, 0) is 19.1 Å². The van der Waals surface area contributed by atoms with Crippen molar-refractivity contribution in [3.8, 4) is 0 Å². The highest BCUT2D eigenvalue weighted by atomic mass is 16.7. The van der Waals surface area contributed by atoms with Gasteiger partial charge in [0.2, 0.25) is 0 Å². The quantitative estimate of drug-likeness (QED) is 0.324. The minimum absolute atomic E-state index is 0.133. The van der Waals surface area contributed by atoms with E-state index in [-0.39, 0.29) is 11.4 Å². The summed E-state index contributed by atoms with van der Waals surface area (Å²) < 4.78 is 10.4. The molecule has 0 radical (unpaired) electrons. The van der Waals surface area contributed by atoms with E-state index in [0.29, 0.717) is 5.69 Å². The number of anilines is 2. The standard InChI is InChI=1S/C20H21N3O4/c1-13-9-11-14(12-10-13)21-17(23-22-15-7-5-4-6-8-15)16-18(24)26-20(2,3)27-19(16)25/h4-12,21-23H,1-3H3. The number of esters is 2. The molecule has 1 aliphatic heterocycles. The van der Waals surface area contributed by atoms with Crippen molar-refractivity contribution in [1.82, 2.24) is 5.43 Å². The number of cyclic esters (lactones) is 2. The van der Waals surface area contributed by atoms with E-state index in [1.165, 1.54) is 13.8 Å². The molecule has 1 heterocycles. The third-order valence-corrected chi connectivity index (χ3v) is 3.76. The fourth-order valence-electron chi connectivity index (χ4n) is 2.45. The third-order valence-electron chi connectivity index (χ3n) is 3.76. The van der Waals surface area contributed by atoms with Crippen LogP contribution in [0.25, 0.3) is 0 Å². The Morgan fingerprint density at radius 2 is 1.44 bits per heavy atom. The molecular formula is C20H21N3O4. The van der Waals surface area contributed by atoms with Crippen LogP contribution in [0.4, 0.5) is 11.4 Å². The summed E-state index contributed by atoms with van der Waals surface area (Å²) in [6.45, 7) is 4.97. The van der Waals surface area contributed by atoms with Crippen LogP contribution in [0.2, 0.25) is 0 Å². The second kappa shape index (κ2) is 7.41. The Balaban J connectivity index is 1.91. The summed E-state index contributed by atoms with van der Waals surface area (Å²) in [5.41, 5.74) is 8.10. The highest BCUT2D eigenvalue weighted by Crippen LogP contribution is 2.25. The van der Waals surface area contributed by atoms with Gasteiger partial charge in [0.1, 0.15) is 5.82 Å². The molecule has 2 aromatic rings. The molecule has 140 valence electrons. The lowest BCUT2D eigenvalue weighted by Gasteiger charge is -2.31. The average Bonchev–Trinajstić information content (AvgIpc) is 2.60. The molecule has 0 spiro atoms. The first kappa shape index (κ1) is 18.3. The van der Waals surface area contributed by atoms with Crippen molar-refractivity contribution in [3.63, 3.8) is 0 Å². The van der Waals surface area contributed by atoms with Crippen LogP contribution in [0.5, 0.6) is 0 Å². The van der Waals surface area contributed by atoms with E-state index in [0.717, 1.165) is 11.3 Å². The Bertz CT molecular complexity index is 852. The van der Waals surface area contributed by atoms with Crippen molar-refractivity contribution in [3.05, 3.63) is 71.6 Å². The van der Waals surface area contributed by atoms with Gasteiger partial charge in [0.15, 0.2) is 5.57 Å². The minimum Gasteiger partial charge on any atom is -0.419 e. The molecule has 0 aliphatic carbocycles. The van der Waals surface area contributed by atoms with Gasteiger partial charge in [0.05, 0.1) is 5.69 Å². The molecule has 0 atom stereocenters. The molecule has 3 rings (SSSR count). The van der Waals surface area contributed by atoms with Crippen LogP contribution in [0.1, 0.15) is 19.4 Å². The Morgan fingerprint density at radius 3 is 2.04 bits per heavy atom. The zero-order valence-electron chi connectivity index (χ0n) is 15.3. The Morgan fingerprint density at radius 1 is 0.852 bits per heavy atom. The van der Waals surface area contributed by atoms with Crippen LogP contribution in [-0.4, -0.2) is 17.7 Å². The number of nitrogens with one attached hydrogen (secondary N) is 3. The van der Waals surface area contributed by atoms with Crippen LogP contribution in [0, 0.1) is 6.92 Å². The van der Waals surface area contributed by atoms with Gasteiger partial charge in [-0.25, -0.2) is 9.59 Å². The number of benzene rings is 2. The van der Waals surface area contributed by atoms with E-state index in [2.05, 4.69) is 16.2 Å². The average molecular weight is 367 g/mol. The van der Waals surface area contributed by atoms with Crippen LogP contribution >= 0.6 is 0 Å². The number of para-hydroxylation sites is 1. The smallest absolute Gasteiger partial charge is 0.352 e. The molecule has 1 saturated heterocycles. The van der Waals surface area contributed by atoms with Crippen molar-refractivity contribution in [2.45, 2.75) is 26.6 Å². The van der Waals surface area contributed by atoms with Gasteiger partial charge < -0.3 is 14.8 Å². The number of hydrazine groups is 1. The van der Waals surface area contributed by atoms with E-state index in [1.807, 2.05) is 61.5 Å². The minimum atomic E-state index is -1.31. The first-order chi connectivity index (χ1) is 12.8. The van der Waals surface area contributed by atoms with Gasteiger partial charge >= 0.3 is 11.9 Å². The summed E-state index contributed by atoms with van der Waals surface area (Å²) in [4.78, 5) is 24.9. The van der Waals surface area contributed by atoms with Gasteiger partial charge in [-0.3, -0.25) is 10.9 Å². The molecule has 1 aliphatic rings. The first-order valence-corrected chi connectivity index (χ1v) is 8.46. The molecule has 1 fully saturated rings. The predicted molar refractivity (Wildman–Crippen MR) is 101 cm³/mol. The number of hydrogen-bond donors (Lipinski definition) is 3. The zero-order valence-corrected chi connectivity index (χ0v) is 15.3. The SMILES string of the molecule is Cc1ccc(NC(NNc2ccccc2)=C2C(=O)OC(C)(C)OC2=O)cc1. The molecule has 3 N–H and O–H groups in total. The highest BCUT2D eigenvalue weighted by Gasteiger charge is 2.41. The van der Waals surface area contributed by atoms with Gasteiger partial charge in [0.25, 0.3) is 5.79 Å². The van der Waals surface area contributed by atoms with Crippen LogP contribution < -0.4 is 16.2 Å². The van der Waals surface area contributed by atoms with Gasteiger partial charge in [-0.1, -0.05) is 35.9 Å². The predicted octanol–water partition coefficient (Wildman–Crippen LogP) is 3.07. The number of aryl methyl sites for hydroxylation is 1. The maximum Gasteiger partial charge on any atom is 0.352 e. The molecule has 2 aromatic carbocycles. The van der Waals surface area contributed by atoms with E-state index in [1.54, 1.807) is 0 Å². The lowest BCUT2D eigenvalue weighted by atomic mass is 10.2. The largest absolute Gasteiger partial charge is 0.419 e. The van der Waals surface area contributed by atoms with Crippen molar-refractivity contribution in [1.29, 1.82) is 0 Å². The Kier molecular flexibility index (Phi) is 5.03. The Hall–Kier alpha value is -3.48. The van der Waals surface area contributed by atoms with Gasteiger partial charge in [-0.15, -0.1) is 0 Å². The summed E-state index contributed by atoms with van der Waals surface area (Å²) in [5, 5.41) is 3.04. The van der Waals surface area contributed by atoms with Crippen molar-refractivity contribution < 1.29 is 19.1 Å². The maximum absolute atomic E-state index is 12.4. The van der Waals surface area contributed by atoms with E-state index < -0.39 is 17.7 Å². The monoisotopic (exact) mass is 367 g/mol. The molecule has 27 heavy (non-hydrogen) atoms. The first-order valence-electron chi connectivity index (χ1n) is 8.46. The summed E-state index contributed by atoms with van der Waals surface area (Å²) >= 11 is 0. The van der Waals surface area contributed by atoms with Crippen molar-refractivity contribution in [2.75, 3.05) is 10.7 Å². The van der Waals surface area contributed by atoms with Crippen molar-refractivity contribution >= 4 is 23.3 Å². The maximum atomic E-state index is 12.4. The summed E-state index contributed by atoms with van der Waals surface area (Å²) in [6.07, 6.45) is 0. The van der Waals surface area contributed by atoms with Gasteiger partial charge in [0, 0.05) is 19.5 Å². The fraction of sp³-hybridized carbons (Fsp3) is 0.200. The second-order valence-electron chi connectivity index (χ2n) is 6.54. The van der Waals surface area contributed by atoms with E-state index in [9.17, 15) is 9.59 Å². The normalized spacial score (nSPS) is 15.4. The van der Waals surface area contributed by atoms with E-state index in [4.69, 9.17) is 9.47 Å². The molecule has 0 unspecified atom stereocenters. The molecular weight excluding hydrogens is 346 g/mol. The number of carbonyl (C=O) groups is 2. The fourth-order valence-corrected chi connectivity index (χ4v) is 2.45. The number of ether oxygens (including phenoxy) is 2. The van der Waals surface area contributed by atoms with Crippen LogP contribution in [0.15, 0.2) is 66.0 Å². The highest BCUT2D eigenvalue weighted by molar-refractivity contribution is 6.16. The zero-order chi connectivity index (χ0) is 19.4. The molecule has 7 heteroatoms. The third kappa shape index (κ3) is 4.58. The summed E-state index contributed by atoms with van der Waals surface area (Å²) in [5.74, 6) is -2.71. The van der Waals surface area contributed by atoms with Crippen molar-refractivity contribution in [2.24, 2.45) is 0 Å². The molecule has 0 saturated carbocycles. The Labute approximate surface area is 157 Å². The molecule has 0 bridgehead atoms. The van der Waals surface area contributed by atoms with Gasteiger partial charge in [-0.2, -0.15) is 0 Å². The van der Waals surface area contributed by atoms with Gasteiger partial charge in [-0.05, 0) is 31.2 Å². The van der Waals surface area contributed by atoms with E-state index >= 15 is 0 Å². The number of hydrogen-bond acceptors (Lipinski definition) is 7. The molecule has 7 nitrogen and oxygen atoms in total. The van der Waals surface area contributed by atoms with Crippen LogP contribution in [0.3, 0.4) is 0 Å². The molecule has 0 amide bonds. The lowest BCUT2D eigenvalue weighted by Crippen LogP contribution is -2.44. The second-order valence-corrected chi connectivity index (χ2v) is 6.54. The number of carbonyl (C=O) groups excluding carboxylic acids is 2. The molecule has 0 aromatic heterocycles. The summed E-state index contributed by atoms with van der Waals surface area (Å²) in [6, 6.07) is 16.8. The topological polar surface area (TPSA) is 88.7 Å². The summed E-state index contributed by atoms with van der Waals surface area (Å²) in [7, 11) is 0. The number of rotatable bonds is 5. The lowest BCUT2D eigenvalue weighted by molar-refractivity contribution is -0.222.